The molecule has 2 heterocycles. The number of amides is 1. The molecule has 0 spiro atoms. The molecule has 7 nitrogen and oxygen atoms in total. The highest BCUT2D eigenvalue weighted by Gasteiger charge is 2.19. The molecule has 4 aromatic rings. The van der Waals surface area contributed by atoms with Crippen LogP contribution in [0.3, 0.4) is 0 Å². The highest BCUT2D eigenvalue weighted by Crippen LogP contribution is 2.29. The van der Waals surface area contributed by atoms with E-state index in [-0.39, 0.29) is 11.5 Å². The van der Waals surface area contributed by atoms with E-state index in [1.165, 1.54) is 0 Å². The van der Waals surface area contributed by atoms with Gasteiger partial charge in [0.05, 0.1) is 23.6 Å². The number of benzene rings is 2. The summed E-state index contributed by atoms with van der Waals surface area (Å²) in [7, 11) is 1.60. The molecule has 0 aliphatic heterocycles. The van der Waals surface area contributed by atoms with Crippen LogP contribution in [0.4, 0.5) is 11.4 Å². The van der Waals surface area contributed by atoms with Gasteiger partial charge in [-0.05, 0) is 37.1 Å². The van der Waals surface area contributed by atoms with Crippen LogP contribution in [0, 0.1) is 6.92 Å². The normalized spacial score (nSPS) is 11.0. The first-order valence-corrected chi connectivity index (χ1v) is 10.8. The maximum absolute atomic E-state index is 13.3. The molecular formula is C24H24ClN5O2. The molecule has 32 heavy (non-hydrogen) atoms. The molecule has 0 saturated heterocycles. The van der Waals surface area contributed by atoms with Crippen molar-refractivity contribution >= 4 is 34.5 Å². The number of anilines is 2. The zero-order valence-corrected chi connectivity index (χ0v) is 18.9. The molecular weight excluding hydrogens is 426 g/mol. The van der Waals surface area contributed by atoms with E-state index in [9.17, 15) is 9.59 Å². The molecule has 2 aromatic carbocycles. The minimum absolute atomic E-state index is 0.137. The third-order valence-corrected chi connectivity index (χ3v) is 5.65. The van der Waals surface area contributed by atoms with Crippen molar-refractivity contribution in [1.29, 1.82) is 0 Å². The molecule has 2 aromatic heterocycles. The van der Waals surface area contributed by atoms with Crippen LogP contribution in [-0.4, -0.2) is 27.1 Å². The van der Waals surface area contributed by atoms with Crippen LogP contribution in [-0.2, 0) is 6.54 Å². The summed E-state index contributed by atoms with van der Waals surface area (Å²) in [5.74, 6) is -0.159. The van der Waals surface area contributed by atoms with E-state index in [0.29, 0.717) is 39.6 Å². The van der Waals surface area contributed by atoms with Gasteiger partial charge in [0.15, 0.2) is 5.65 Å². The molecule has 0 atom stereocenters. The number of carbonyl (C=O) groups is 1. The molecule has 164 valence electrons. The largest absolute Gasteiger partial charge is 0.355 e. The Labute approximate surface area is 190 Å². The first-order valence-electron chi connectivity index (χ1n) is 10.4. The number of hydrogen-bond acceptors (Lipinski definition) is 4. The first kappa shape index (κ1) is 21.6. The van der Waals surface area contributed by atoms with Crippen LogP contribution in [0.2, 0.25) is 5.02 Å². The fourth-order valence-electron chi connectivity index (χ4n) is 3.68. The highest BCUT2D eigenvalue weighted by molar-refractivity contribution is 6.33. The Morgan fingerprint density at radius 2 is 1.97 bits per heavy atom. The van der Waals surface area contributed by atoms with Crippen LogP contribution < -0.4 is 16.2 Å². The van der Waals surface area contributed by atoms with E-state index in [4.69, 9.17) is 11.6 Å². The number of rotatable bonds is 6. The molecule has 0 bridgehead atoms. The average Bonchev–Trinajstić information content (AvgIpc) is 3.06. The van der Waals surface area contributed by atoms with Crippen LogP contribution >= 0.6 is 11.6 Å². The predicted molar refractivity (Wildman–Crippen MR) is 128 cm³/mol. The van der Waals surface area contributed by atoms with Gasteiger partial charge in [-0.1, -0.05) is 42.8 Å². The third-order valence-electron chi connectivity index (χ3n) is 5.32. The smallest absolute Gasteiger partial charge is 0.277 e. The Bertz CT molecular complexity index is 1370. The molecule has 8 heteroatoms. The van der Waals surface area contributed by atoms with Gasteiger partial charge in [-0.3, -0.25) is 9.59 Å². The minimum Gasteiger partial charge on any atom is -0.355 e. The second-order valence-electron chi connectivity index (χ2n) is 7.53. The lowest BCUT2D eigenvalue weighted by Gasteiger charge is -2.12. The third kappa shape index (κ3) is 3.87. The summed E-state index contributed by atoms with van der Waals surface area (Å²) >= 11 is 6.40. The van der Waals surface area contributed by atoms with E-state index < -0.39 is 0 Å². The zero-order chi connectivity index (χ0) is 22.8. The van der Waals surface area contributed by atoms with Crippen molar-refractivity contribution in [1.82, 2.24) is 19.5 Å². The number of aryl methyl sites for hydroxylation is 2. The van der Waals surface area contributed by atoms with E-state index in [1.54, 1.807) is 40.6 Å². The SMILES string of the molecule is CCCn1c(=O)c(-c2ccccc2Cl)c2ncc(Nc3cc(C(=O)NC)ccc3C)cn21. The lowest BCUT2D eigenvalue weighted by atomic mass is 10.1. The number of halogens is 1. The standard InChI is InChI=1S/C24H24ClN5O2/c1-4-11-29-24(32)21(18-7-5-6-8-19(18)25)22-27-13-17(14-30(22)29)28-20-12-16(23(31)26-3)10-9-15(20)2/h5-10,12-14,28H,4,11H2,1-3H3,(H,26,31). The van der Waals surface area contributed by atoms with Gasteiger partial charge in [-0.25, -0.2) is 14.2 Å². The lowest BCUT2D eigenvalue weighted by molar-refractivity contribution is 0.0963. The molecule has 1 amide bonds. The topological polar surface area (TPSA) is 80.4 Å². The summed E-state index contributed by atoms with van der Waals surface area (Å²) in [6.07, 6.45) is 4.31. The monoisotopic (exact) mass is 449 g/mol. The van der Waals surface area contributed by atoms with Gasteiger partial charge in [-0.2, -0.15) is 0 Å². The second kappa shape index (κ2) is 8.88. The van der Waals surface area contributed by atoms with Crippen molar-refractivity contribution < 1.29 is 4.79 Å². The molecule has 0 fully saturated rings. The Morgan fingerprint density at radius 1 is 1.19 bits per heavy atom. The second-order valence-corrected chi connectivity index (χ2v) is 7.93. The lowest BCUT2D eigenvalue weighted by Crippen LogP contribution is -2.20. The average molecular weight is 450 g/mol. The van der Waals surface area contributed by atoms with Crippen LogP contribution in [0.1, 0.15) is 29.3 Å². The van der Waals surface area contributed by atoms with Gasteiger partial charge in [0.25, 0.3) is 11.5 Å². The fourth-order valence-corrected chi connectivity index (χ4v) is 3.91. The summed E-state index contributed by atoms with van der Waals surface area (Å²) in [5.41, 5.74) is 4.56. The van der Waals surface area contributed by atoms with E-state index in [0.717, 1.165) is 17.7 Å². The molecule has 0 unspecified atom stereocenters. The van der Waals surface area contributed by atoms with E-state index in [1.807, 2.05) is 44.3 Å². The van der Waals surface area contributed by atoms with Crippen molar-refractivity contribution in [3.8, 4) is 11.1 Å². The van der Waals surface area contributed by atoms with Gasteiger partial charge in [0.1, 0.15) is 0 Å². The van der Waals surface area contributed by atoms with Crippen LogP contribution in [0.5, 0.6) is 0 Å². The zero-order valence-electron chi connectivity index (χ0n) is 18.1. The number of fused-ring (bicyclic) bond motifs is 1. The van der Waals surface area contributed by atoms with Gasteiger partial charge < -0.3 is 10.6 Å². The Morgan fingerprint density at radius 3 is 2.69 bits per heavy atom. The van der Waals surface area contributed by atoms with Crippen LogP contribution in [0.15, 0.2) is 59.7 Å². The van der Waals surface area contributed by atoms with Crippen LogP contribution in [0.25, 0.3) is 16.8 Å². The van der Waals surface area contributed by atoms with Crippen molar-refractivity contribution in [2.45, 2.75) is 26.8 Å². The molecule has 0 aliphatic carbocycles. The molecule has 0 saturated carbocycles. The van der Waals surface area contributed by atoms with Crippen molar-refractivity contribution in [3.05, 3.63) is 81.4 Å². The summed E-state index contributed by atoms with van der Waals surface area (Å²) < 4.78 is 3.44. The fraction of sp³-hybridized carbons (Fsp3) is 0.208. The predicted octanol–water partition coefficient (Wildman–Crippen LogP) is 4.64. The molecule has 0 radical (unpaired) electrons. The summed E-state index contributed by atoms with van der Waals surface area (Å²) in [6.45, 7) is 4.52. The van der Waals surface area contributed by atoms with Gasteiger partial charge in [0.2, 0.25) is 0 Å². The number of hydrogen-bond donors (Lipinski definition) is 2. The summed E-state index contributed by atoms with van der Waals surface area (Å²) in [5, 5.41) is 6.47. The Hall–Kier alpha value is -3.58. The number of aromatic nitrogens is 3. The maximum Gasteiger partial charge on any atom is 0.277 e. The minimum atomic E-state index is -0.159. The van der Waals surface area contributed by atoms with E-state index >= 15 is 0 Å². The van der Waals surface area contributed by atoms with Crippen molar-refractivity contribution in [2.75, 3.05) is 12.4 Å². The highest BCUT2D eigenvalue weighted by atomic mass is 35.5. The summed E-state index contributed by atoms with van der Waals surface area (Å²) in [6, 6.07) is 12.7. The molecule has 0 aliphatic rings. The Balaban J connectivity index is 1.83. The molecule has 2 N–H and O–H groups in total. The maximum atomic E-state index is 13.3. The van der Waals surface area contributed by atoms with Gasteiger partial charge in [-0.15, -0.1) is 0 Å². The quantitative estimate of drug-likeness (QED) is 0.449. The van der Waals surface area contributed by atoms with Gasteiger partial charge >= 0.3 is 0 Å². The summed E-state index contributed by atoms with van der Waals surface area (Å²) in [4.78, 5) is 29.9. The van der Waals surface area contributed by atoms with Crippen molar-refractivity contribution in [2.24, 2.45) is 0 Å². The number of carbonyl (C=O) groups excluding carboxylic acids is 1. The Kier molecular flexibility index (Phi) is 6.01. The molecule has 4 rings (SSSR count). The number of nitrogens with one attached hydrogen (secondary N) is 2. The van der Waals surface area contributed by atoms with Crippen molar-refractivity contribution in [3.63, 3.8) is 0 Å². The number of nitrogens with zero attached hydrogens (tertiary/aromatic N) is 3. The van der Waals surface area contributed by atoms with E-state index in [2.05, 4.69) is 15.6 Å². The van der Waals surface area contributed by atoms with Gasteiger partial charge in [0, 0.05) is 35.4 Å². The first-order chi connectivity index (χ1) is 15.4.